The van der Waals surface area contributed by atoms with E-state index in [1.165, 1.54) is 12.1 Å². The molecule has 0 saturated heterocycles. The van der Waals surface area contributed by atoms with Crippen LogP contribution in [-0.2, 0) is 23.9 Å². The van der Waals surface area contributed by atoms with Crippen LogP contribution in [0.15, 0.2) is 152 Å². The molecule has 62 heavy (non-hydrogen) atoms. The van der Waals surface area contributed by atoms with Gasteiger partial charge < -0.3 is 29.5 Å². The molecule has 8 atom stereocenters. The number of carboxylic acids is 2. The molecule has 3 N–H and O–H groups in total. The fraction of sp³-hybridized carbons (Fsp3) is 0.269. The van der Waals surface area contributed by atoms with Gasteiger partial charge in [-0.1, -0.05) is 121 Å². The van der Waals surface area contributed by atoms with Crippen molar-refractivity contribution in [3.05, 3.63) is 174 Å². The lowest BCUT2D eigenvalue weighted by Gasteiger charge is -2.49. The lowest BCUT2D eigenvalue weighted by Crippen LogP contribution is -2.52. The molecule has 6 aromatic carbocycles. The minimum absolute atomic E-state index is 0.0325. The van der Waals surface area contributed by atoms with Gasteiger partial charge in [0.05, 0.1) is 23.7 Å². The van der Waals surface area contributed by atoms with Crippen LogP contribution in [0.5, 0.6) is 17.2 Å². The number of fused-ring (bicyclic) bond motifs is 1. The molecule has 3 aliphatic carbocycles. The zero-order chi connectivity index (χ0) is 42.9. The number of hydrogen-bond donors (Lipinski definition) is 3. The average molecular weight is 831 g/mol. The number of ether oxygens (including phenoxy) is 3. The van der Waals surface area contributed by atoms with Crippen molar-refractivity contribution in [3.63, 3.8) is 0 Å². The van der Waals surface area contributed by atoms with Gasteiger partial charge in [-0.05, 0) is 77.2 Å². The second kappa shape index (κ2) is 17.2. The standard InChI is InChI=1S/C52H46O10/c53-35-25-21-33(22-26-35)43-46(50(56)57)44(48(43)52(59)62-40-20-9-16-30-11-7-8-19-39(30)40)34-23-27-36(28-24-34)60-37-17-10-18-38(29-37)61-51(58)47-41(31-12-3-1-4-13-31)45(49(54)55)42(47)32-14-5-2-6-15-32/h1-9,11-16,19-28,37-38,41-48,53H,10,17-18,29H2,(H,54,55)(H,56,57)/t37?,38?,41-,42-,43-,44-,45-,46+,47-,48+/m1/s1. The number of aromatic hydroxyl groups is 1. The van der Waals surface area contributed by atoms with Crippen molar-refractivity contribution in [3.8, 4) is 17.2 Å². The van der Waals surface area contributed by atoms with Gasteiger partial charge in [-0.2, -0.15) is 0 Å². The Morgan fingerprint density at radius 3 is 1.55 bits per heavy atom. The summed E-state index contributed by atoms with van der Waals surface area (Å²) in [6, 6.07) is 45.1. The molecule has 3 aliphatic rings. The number of aliphatic carboxylic acids is 2. The van der Waals surface area contributed by atoms with E-state index in [2.05, 4.69) is 0 Å². The van der Waals surface area contributed by atoms with Gasteiger partial charge in [-0.3, -0.25) is 19.2 Å². The maximum Gasteiger partial charge on any atom is 0.315 e. The van der Waals surface area contributed by atoms with Gasteiger partial charge in [0.25, 0.3) is 0 Å². The van der Waals surface area contributed by atoms with Crippen LogP contribution in [0, 0.1) is 23.7 Å². The molecule has 3 fully saturated rings. The molecular formula is C52H46O10. The van der Waals surface area contributed by atoms with Crippen LogP contribution >= 0.6 is 0 Å². The fourth-order valence-electron chi connectivity index (χ4n) is 10.4. The number of carbonyl (C=O) groups excluding carboxylic acids is 2. The molecule has 0 aromatic heterocycles. The largest absolute Gasteiger partial charge is 0.508 e. The number of hydrogen-bond acceptors (Lipinski definition) is 8. The molecule has 0 heterocycles. The van der Waals surface area contributed by atoms with Crippen molar-refractivity contribution in [2.75, 3.05) is 0 Å². The first kappa shape index (κ1) is 40.5. The lowest BCUT2D eigenvalue weighted by molar-refractivity contribution is -0.170. The fourth-order valence-corrected chi connectivity index (χ4v) is 10.4. The van der Waals surface area contributed by atoms with Gasteiger partial charge in [0.15, 0.2) is 0 Å². The lowest BCUT2D eigenvalue weighted by atomic mass is 9.52. The summed E-state index contributed by atoms with van der Waals surface area (Å²) in [6.07, 6.45) is 1.91. The van der Waals surface area contributed by atoms with Crippen LogP contribution in [0.2, 0.25) is 0 Å². The second-order valence-electron chi connectivity index (χ2n) is 16.7. The zero-order valence-electron chi connectivity index (χ0n) is 33.7. The summed E-state index contributed by atoms with van der Waals surface area (Å²) in [5.74, 6) is -7.71. The zero-order valence-corrected chi connectivity index (χ0v) is 33.7. The Labute approximate surface area is 358 Å². The summed E-state index contributed by atoms with van der Waals surface area (Å²) < 4.78 is 18.8. The number of rotatable bonds is 12. The molecule has 3 saturated carbocycles. The van der Waals surface area contributed by atoms with Crippen LogP contribution in [0.3, 0.4) is 0 Å². The Balaban J connectivity index is 0.914. The number of carboxylic acid groups (broad SMARTS) is 2. The van der Waals surface area contributed by atoms with Gasteiger partial charge in [0.1, 0.15) is 29.5 Å². The van der Waals surface area contributed by atoms with Gasteiger partial charge >= 0.3 is 23.9 Å². The number of carbonyl (C=O) groups is 4. The molecule has 2 unspecified atom stereocenters. The summed E-state index contributed by atoms with van der Waals surface area (Å²) >= 11 is 0. The van der Waals surface area contributed by atoms with Crippen LogP contribution < -0.4 is 9.47 Å². The summed E-state index contributed by atoms with van der Waals surface area (Å²) in [6.45, 7) is 0. The third kappa shape index (κ3) is 7.77. The molecule has 10 nitrogen and oxygen atoms in total. The smallest absolute Gasteiger partial charge is 0.315 e. The monoisotopic (exact) mass is 830 g/mol. The predicted molar refractivity (Wildman–Crippen MR) is 230 cm³/mol. The van der Waals surface area contributed by atoms with Crippen molar-refractivity contribution in [1.29, 1.82) is 0 Å². The van der Waals surface area contributed by atoms with E-state index < -0.39 is 77.3 Å². The Bertz CT molecular complexity index is 2520. The van der Waals surface area contributed by atoms with E-state index in [0.29, 0.717) is 35.5 Å². The number of phenolic OH excluding ortho intramolecular Hbond substituents is 1. The third-order valence-electron chi connectivity index (χ3n) is 13.2. The molecular weight excluding hydrogens is 785 g/mol. The van der Waals surface area contributed by atoms with Crippen molar-refractivity contribution in [2.45, 2.75) is 61.6 Å². The number of phenols is 1. The highest BCUT2D eigenvalue weighted by molar-refractivity contribution is 5.92. The summed E-state index contributed by atoms with van der Waals surface area (Å²) in [4.78, 5) is 54.0. The highest BCUT2D eigenvalue weighted by Gasteiger charge is 2.60. The highest BCUT2D eigenvalue weighted by atomic mass is 16.5. The molecule has 10 heteroatoms. The van der Waals surface area contributed by atoms with E-state index in [1.54, 1.807) is 42.5 Å². The van der Waals surface area contributed by atoms with E-state index in [4.69, 9.17) is 14.2 Å². The van der Waals surface area contributed by atoms with Crippen LogP contribution in [0.4, 0.5) is 0 Å². The van der Waals surface area contributed by atoms with Crippen molar-refractivity contribution >= 4 is 34.6 Å². The van der Waals surface area contributed by atoms with E-state index in [0.717, 1.165) is 34.7 Å². The molecule has 0 radical (unpaired) electrons. The van der Waals surface area contributed by atoms with Gasteiger partial charge in [-0.15, -0.1) is 0 Å². The van der Waals surface area contributed by atoms with E-state index in [1.807, 2.05) is 97.1 Å². The van der Waals surface area contributed by atoms with Gasteiger partial charge in [0.2, 0.25) is 0 Å². The normalized spacial score (nSPS) is 26.6. The summed E-state index contributed by atoms with van der Waals surface area (Å²) in [5.41, 5.74) is 2.85. The molecule has 314 valence electrons. The van der Waals surface area contributed by atoms with Crippen LogP contribution in [0.25, 0.3) is 10.8 Å². The highest BCUT2D eigenvalue weighted by Crippen LogP contribution is 2.59. The third-order valence-corrected chi connectivity index (χ3v) is 13.2. The summed E-state index contributed by atoms with van der Waals surface area (Å²) in [5, 5.41) is 32.6. The SMILES string of the molecule is O=C(O)[C@H]1[C@@H](c2ccc(O)cc2)[C@H](C(=O)Oc2cccc3ccccc23)[C@@H]1c1ccc(OC2CCCC(OC(=O)[C@H]3[C@H](c4ccccc4)[C@H](C(=O)O)[C@H]3c3ccccc3)C2)cc1. The Hall–Kier alpha value is -6.94. The van der Waals surface area contributed by atoms with Crippen molar-refractivity contribution < 1.29 is 48.7 Å². The predicted octanol–water partition coefficient (Wildman–Crippen LogP) is 9.48. The minimum Gasteiger partial charge on any atom is -0.508 e. The molecule has 9 rings (SSSR count). The van der Waals surface area contributed by atoms with Gasteiger partial charge in [0, 0.05) is 35.5 Å². The average Bonchev–Trinajstić information content (AvgIpc) is 3.25. The maximum atomic E-state index is 14.2. The van der Waals surface area contributed by atoms with E-state index in [-0.39, 0.29) is 11.9 Å². The molecule has 0 bridgehead atoms. The molecule has 0 amide bonds. The second-order valence-corrected chi connectivity index (χ2v) is 16.7. The van der Waals surface area contributed by atoms with Crippen LogP contribution in [-0.4, -0.2) is 51.4 Å². The topological polar surface area (TPSA) is 157 Å². The quantitative estimate of drug-likeness (QED) is 0.0802. The Kier molecular flexibility index (Phi) is 11.2. The van der Waals surface area contributed by atoms with Crippen molar-refractivity contribution in [2.24, 2.45) is 23.7 Å². The maximum absolute atomic E-state index is 14.2. The molecule has 0 aliphatic heterocycles. The first-order chi connectivity index (χ1) is 30.2. The van der Waals surface area contributed by atoms with Crippen molar-refractivity contribution in [1.82, 2.24) is 0 Å². The summed E-state index contributed by atoms with van der Waals surface area (Å²) in [7, 11) is 0. The first-order valence-electron chi connectivity index (χ1n) is 21.2. The van der Waals surface area contributed by atoms with Gasteiger partial charge in [-0.25, -0.2) is 0 Å². The Morgan fingerprint density at radius 2 is 0.968 bits per heavy atom. The molecule has 6 aromatic rings. The van der Waals surface area contributed by atoms with E-state index in [9.17, 15) is 34.5 Å². The Morgan fingerprint density at radius 1 is 0.484 bits per heavy atom. The van der Waals surface area contributed by atoms with Crippen LogP contribution in [0.1, 0.15) is 71.6 Å². The first-order valence-corrected chi connectivity index (χ1v) is 21.2. The number of esters is 2. The molecule has 0 spiro atoms. The minimum atomic E-state index is -1.05. The number of benzene rings is 6. The van der Waals surface area contributed by atoms with E-state index >= 15 is 0 Å².